The summed E-state index contributed by atoms with van der Waals surface area (Å²) < 4.78 is 5.03. The summed E-state index contributed by atoms with van der Waals surface area (Å²) in [6, 6.07) is 3.42. The Bertz CT molecular complexity index is 412. The van der Waals surface area contributed by atoms with E-state index in [0.29, 0.717) is 17.2 Å². The first-order chi connectivity index (χ1) is 7.20. The molecule has 0 aliphatic heterocycles. The molecule has 1 saturated carbocycles. The Balaban J connectivity index is 2.00. The number of carbonyl (C=O) groups is 1. The van der Waals surface area contributed by atoms with E-state index in [9.17, 15) is 4.79 Å². The predicted molar refractivity (Wildman–Crippen MR) is 53.0 cm³/mol. The molecule has 0 radical (unpaired) electrons. The Labute approximate surface area is 87.9 Å². The van der Waals surface area contributed by atoms with Crippen LogP contribution in [0.5, 0.6) is 0 Å². The highest BCUT2D eigenvalue weighted by Crippen LogP contribution is 2.32. The normalized spacial score (nSPS) is 16.8. The van der Waals surface area contributed by atoms with Gasteiger partial charge in [0.1, 0.15) is 18.1 Å². The molecule has 1 aromatic heterocycles. The third-order valence-electron chi connectivity index (χ3n) is 2.51. The summed E-state index contributed by atoms with van der Waals surface area (Å²) in [5.41, 5.74) is 0.480. The number of amides is 1. The Kier molecular flexibility index (Phi) is 2.46. The van der Waals surface area contributed by atoms with Crippen molar-refractivity contribution in [2.45, 2.75) is 25.8 Å². The molecule has 4 nitrogen and oxygen atoms in total. The first-order valence-electron chi connectivity index (χ1n) is 4.96. The number of nitriles is 1. The summed E-state index contributed by atoms with van der Waals surface area (Å²) >= 11 is 0. The van der Waals surface area contributed by atoms with E-state index < -0.39 is 0 Å². The lowest BCUT2D eigenvalue weighted by atomic mass is 10.2. The lowest BCUT2D eigenvalue weighted by Gasteiger charge is -2.08. The van der Waals surface area contributed by atoms with Crippen LogP contribution in [0.4, 0.5) is 0 Å². The molecule has 1 atom stereocenters. The average Bonchev–Trinajstić information content (AvgIpc) is 2.97. The molecule has 15 heavy (non-hydrogen) atoms. The number of furan rings is 1. The number of carbonyl (C=O) groups excluding carboxylic acids is 1. The van der Waals surface area contributed by atoms with Crippen LogP contribution in [0.1, 0.15) is 29.0 Å². The highest BCUT2D eigenvalue weighted by molar-refractivity contribution is 5.94. The van der Waals surface area contributed by atoms with E-state index in [1.807, 2.05) is 0 Å². The van der Waals surface area contributed by atoms with Crippen molar-refractivity contribution < 1.29 is 9.21 Å². The second-order valence-electron chi connectivity index (χ2n) is 3.86. The van der Waals surface area contributed by atoms with Gasteiger partial charge in [-0.25, -0.2) is 0 Å². The molecule has 1 aliphatic rings. The Morgan fingerprint density at radius 3 is 2.93 bits per heavy atom. The fourth-order valence-electron chi connectivity index (χ4n) is 1.47. The van der Waals surface area contributed by atoms with Gasteiger partial charge in [-0.05, 0) is 31.7 Å². The third-order valence-corrected chi connectivity index (χ3v) is 2.51. The highest BCUT2D eigenvalue weighted by Gasteiger charge is 2.32. The van der Waals surface area contributed by atoms with Crippen LogP contribution in [-0.4, -0.2) is 11.9 Å². The van der Waals surface area contributed by atoms with Gasteiger partial charge >= 0.3 is 0 Å². The molecule has 4 heteroatoms. The van der Waals surface area contributed by atoms with Crippen LogP contribution in [0.15, 0.2) is 16.7 Å². The molecule has 1 N–H and O–H groups in total. The summed E-state index contributed by atoms with van der Waals surface area (Å²) in [7, 11) is 0. The van der Waals surface area contributed by atoms with Gasteiger partial charge in [-0.15, -0.1) is 0 Å². The average molecular weight is 204 g/mol. The lowest BCUT2D eigenvalue weighted by Crippen LogP contribution is -2.35. The summed E-state index contributed by atoms with van der Waals surface area (Å²) in [6.45, 7) is 1.78. The summed E-state index contributed by atoms with van der Waals surface area (Å²) in [6.07, 6.45) is 3.47. The van der Waals surface area contributed by atoms with Crippen molar-refractivity contribution in [3.05, 3.63) is 23.7 Å². The quantitative estimate of drug-likeness (QED) is 0.813. The largest absolute Gasteiger partial charge is 0.469 e. The minimum absolute atomic E-state index is 0.231. The number of nitrogens with one attached hydrogen (secondary N) is 1. The SMILES string of the molecule is Cc1cc(C(=O)NC(C#N)C2CC2)co1. The number of rotatable bonds is 3. The zero-order valence-corrected chi connectivity index (χ0v) is 8.49. The van der Waals surface area contributed by atoms with E-state index in [4.69, 9.17) is 9.68 Å². The minimum atomic E-state index is -0.354. The van der Waals surface area contributed by atoms with E-state index >= 15 is 0 Å². The molecule has 0 aromatic carbocycles. The molecule has 78 valence electrons. The Morgan fingerprint density at radius 2 is 2.47 bits per heavy atom. The fourth-order valence-corrected chi connectivity index (χ4v) is 1.47. The first kappa shape index (κ1) is 9.78. The predicted octanol–water partition coefficient (Wildman–Crippen LogP) is 1.62. The standard InChI is InChI=1S/C11H12N2O2/c1-7-4-9(6-15-7)11(14)13-10(5-12)8-2-3-8/h4,6,8,10H,2-3H2,1H3,(H,13,14). The molecule has 1 amide bonds. The zero-order chi connectivity index (χ0) is 10.8. The van der Waals surface area contributed by atoms with Crippen LogP contribution in [0.3, 0.4) is 0 Å². The third kappa shape index (κ3) is 2.18. The van der Waals surface area contributed by atoms with Crippen molar-refractivity contribution in [1.82, 2.24) is 5.32 Å². The van der Waals surface area contributed by atoms with E-state index in [0.717, 1.165) is 12.8 Å². The smallest absolute Gasteiger partial charge is 0.255 e. The molecular formula is C11H12N2O2. The number of nitrogens with zero attached hydrogens (tertiary/aromatic N) is 1. The van der Waals surface area contributed by atoms with Crippen LogP contribution in [0.2, 0.25) is 0 Å². The Hall–Kier alpha value is -1.76. The molecule has 2 rings (SSSR count). The van der Waals surface area contributed by atoms with Crippen molar-refractivity contribution >= 4 is 5.91 Å². The second-order valence-corrected chi connectivity index (χ2v) is 3.86. The number of hydrogen-bond acceptors (Lipinski definition) is 3. The van der Waals surface area contributed by atoms with Crippen molar-refractivity contribution in [3.8, 4) is 6.07 Å². The maximum atomic E-state index is 11.6. The van der Waals surface area contributed by atoms with E-state index in [1.54, 1.807) is 13.0 Å². The van der Waals surface area contributed by atoms with Gasteiger partial charge in [0.25, 0.3) is 5.91 Å². The van der Waals surface area contributed by atoms with Gasteiger partial charge in [-0.3, -0.25) is 4.79 Å². The topological polar surface area (TPSA) is 66.0 Å². The second kappa shape index (κ2) is 3.77. The van der Waals surface area contributed by atoms with Crippen LogP contribution in [-0.2, 0) is 0 Å². The van der Waals surface area contributed by atoms with Crippen molar-refractivity contribution in [2.75, 3.05) is 0 Å². The van der Waals surface area contributed by atoms with Gasteiger partial charge in [-0.2, -0.15) is 5.26 Å². The molecule has 0 bridgehead atoms. The van der Waals surface area contributed by atoms with Crippen molar-refractivity contribution in [3.63, 3.8) is 0 Å². The minimum Gasteiger partial charge on any atom is -0.469 e. The number of hydrogen-bond donors (Lipinski definition) is 1. The molecule has 1 aromatic rings. The van der Waals surface area contributed by atoms with Gasteiger partial charge in [0.2, 0.25) is 0 Å². The zero-order valence-electron chi connectivity index (χ0n) is 8.49. The molecule has 1 heterocycles. The van der Waals surface area contributed by atoms with Crippen LogP contribution in [0.25, 0.3) is 0 Å². The monoisotopic (exact) mass is 204 g/mol. The summed E-state index contributed by atoms with van der Waals surface area (Å²) in [4.78, 5) is 11.6. The molecule has 0 saturated heterocycles. The van der Waals surface area contributed by atoms with Gasteiger partial charge < -0.3 is 9.73 Å². The van der Waals surface area contributed by atoms with Crippen LogP contribution < -0.4 is 5.32 Å². The van der Waals surface area contributed by atoms with Crippen molar-refractivity contribution in [2.24, 2.45) is 5.92 Å². The van der Waals surface area contributed by atoms with E-state index in [2.05, 4.69) is 11.4 Å². The van der Waals surface area contributed by atoms with Crippen molar-refractivity contribution in [1.29, 1.82) is 5.26 Å². The molecule has 1 unspecified atom stereocenters. The summed E-state index contributed by atoms with van der Waals surface area (Å²) in [5, 5.41) is 11.5. The van der Waals surface area contributed by atoms with Crippen LogP contribution >= 0.6 is 0 Å². The van der Waals surface area contributed by atoms with E-state index in [1.165, 1.54) is 6.26 Å². The maximum Gasteiger partial charge on any atom is 0.255 e. The van der Waals surface area contributed by atoms with Gasteiger partial charge in [0.15, 0.2) is 0 Å². The molecule has 1 fully saturated rings. The van der Waals surface area contributed by atoms with E-state index in [-0.39, 0.29) is 11.9 Å². The molecule has 1 aliphatic carbocycles. The van der Waals surface area contributed by atoms with Crippen LogP contribution in [0, 0.1) is 24.2 Å². The fraction of sp³-hybridized carbons (Fsp3) is 0.455. The highest BCUT2D eigenvalue weighted by atomic mass is 16.3. The first-order valence-corrected chi connectivity index (χ1v) is 4.96. The van der Waals surface area contributed by atoms with Gasteiger partial charge in [0.05, 0.1) is 11.6 Å². The molecular weight excluding hydrogens is 192 g/mol. The van der Waals surface area contributed by atoms with Gasteiger partial charge in [0, 0.05) is 0 Å². The maximum absolute atomic E-state index is 11.6. The van der Waals surface area contributed by atoms with Gasteiger partial charge in [-0.1, -0.05) is 0 Å². The lowest BCUT2D eigenvalue weighted by molar-refractivity contribution is 0.0941. The summed E-state index contributed by atoms with van der Waals surface area (Å²) in [5.74, 6) is 0.803. The molecule has 0 spiro atoms. The number of aryl methyl sites for hydroxylation is 1. The Morgan fingerprint density at radius 1 is 1.73 bits per heavy atom.